The lowest BCUT2D eigenvalue weighted by Crippen LogP contribution is -2.45. The molecule has 1 heterocycles. The van der Waals surface area contributed by atoms with Crippen LogP contribution in [-0.4, -0.2) is 45.4 Å². The summed E-state index contributed by atoms with van der Waals surface area (Å²) in [7, 11) is 1.67. The minimum absolute atomic E-state index is 0.0361. The van der Waals surface area contributed by atoms with Crippen molar-refractivity contribution in [3.05, 3.63) is 29.8 Å². The number of hydrogen-bond donors (Lipinski definition) is 2. The van der Waals surface area contributed by atoms with E-state index in [-0.39, 0.29) is 11.9 Å². The number of benzene rings is 1. The molecule has 0 aliphatic carbocycles. The number of hydrogen-bond acceptors (Lipinski definition) is 4. The number of nitrogens with one attached hydrogen (secondary N) is 2. The molecule has 1 aromatic rings. The second-order valence-corrected chi connectivity index (χ2v) is 5.24. The summed E-state index contributed by atoms with van der Waals surface area (Å²) in [4.78, 5) is 12.2. The van der Waals surface area contributed by atoms with Gasteiger partial charge in [-0.1, -0.05) is 6.07 Å². The predicted octanol–water partition coefficient (Wildman–Crippen LogP) is 1.58. The molecule has 1 atom stereocenters. The number of methoxy groups -OCH3 is 1. The van der Waals surface area contributed by atoms with Gasteiger partial charge in [-0.25, -0.2) is 0 Å². The Morgan fingerprint density at radius 2 is 2.33 bits per heavy atom. The first-order chi connectivity index (χ1) is 10.3. The Labute approximate surface area is 126 Å². The second kappa shape index (κ2) is 8.64. The van der Waals surface area contributed by atoms with E-state index in [0.29, 0.717) is 18.8 Å². The molecule has 5 nitrogen and oxygen atoms in total. The molecule has 0 spiro atoms. The smallest absolute Gasteiger partial charge is 0.251 e. The van der Waals surface area contributed by atoms with Crippen molar-refractivity contribution in [2.75, 3.05) is 33.4 Å². The van der Waals surface area contributed by atoms with Gasteiger partial charge in [0, 0.05) is 38.3 Å². The fourth-order valence-corrected chi connectivity index (χ4v) is 2.36. The van der Waals surface area contributed by atoms with Gasteiger partial charge in [-0.3, -0.25) is 4.79 Å². The third kappa shape index (κ3) is 5.36. The van der Waals surface area contributed by atoms with Crippen molar-refractivity contribution in [3.8, 4) is 5.75 Å². The summed E-state index contributed by atoms with van der Waals surface area (Å²) in [6, 6.07) is 7.54. The third-order valence-electron chi connectivity index (χ3n) is 3.49. The van der Waals surface area contributed by atoms with E-state index in [9.17, 15) is 4.79 Å². The highest BCUT2D eigenvalue weighted by Gasteiger charge is 2.16. The van der Waals surface area contributed by atoms with Gasteiger partial charge in [0.05, 0.1) is 6.61 Å². The Morgan fingerprint density at radius 3 is 3.10 bits per heavy atom. The number of carbonyl (C=O) groups excluding carboxylic acids is 1. The van der Waals surface area contributed by atoms with Crippen LogP contribution in [0.5, 0.6) is 5.75 Å². The summed E-state index contributed by atoms with van der Waals surface area (Å²) in [6.07, 6.45) is 2.97. The van der Waals surface area contributed by atoms with Crippen LogP contribution in [0.3, 0.4) is 0 Å². The van der Waals surface area contributed by atoms with Gasteiger partial charge in [0.2, 0.25) is 0 Å². The van der Waals surface area contributed by atoms with E-state index in [1.807, 2.05) is 18.2 Å². The van der Waals surface area contributed by atoms with Gasteiger partial charge in [0.1, 0.15) is 5.75 Å². The quantitative estimate of drug-likeness (QED) is 0.749. The maximum Gasteiger partial charge on any atom is 0.251 e. The summed E-state index contributed by atoms with van der Waals surface area (Å²) in [5.74, 6) is 0.687. The van der Waals surface area contributed by atoms with Crippen molar-refractivity contribution in [2.45, 2.75) is 25.3 Å². The first kappa shape index (κ1) is 15.8. The molecular formula is C16H24N2O3. The van der Waals surface area contributed by atoms with Crippen LogP contribution < -0.4 is 15.4 Å². The second-order valence-electron chi connectivity index (χ2n) is 5.24. The maximum absolute atomic E-state index is 12.2. The minimum Gasteiger partial charge on any atom is -0.493 e. The van der Waals surface area contributed by atoms with E-state index < -0.39 is 0 Å². The Balaban J connectivity index is 1.85. The van der Waals surface area contributed by atoms with Gasteiger partial charge in [-0.2, -0.15) is 0 Å². The summed E-state index contributed by atoms with van der Waals surface area (Å²) < 4.78 is 10.6. The van der Waals surface area contributed by atoms with Crippen LogP contribution in [0.4, 0.5) is 0 Å². The van der Waals surface area contributed by atoms with Gasteiger partial charge in [0.15, 0.2) is 0 Å². The van der Waals surface area contributed by atoms with Gasteiger partial charge in [0.25, 0.3) is 5.91 Å². The van der Waals surface area contributed by atoms with Crippen molar-refractivity contribution in [1.29, 1.82) is 0 Å². The van der Waals surface area contributed by atoms with Crippen LogP contribution in [0.1, 0.15) is 29.6 Å². The van der Waals surface area contributed by atoms with Crippen molar-refractivity contribution in [1.82, 2.24) is 10.6 Å². The van der Waals surface area contributed by atoms with E-state index in [0.717, 1.165) is 38.1 Å². The highest BCUT2D eigenvalue weighted by Crippen LogP contribution is 2.14. The lowest BCUT2D eigenvalue weighted by molar-refractivity contribution is 0.0930. The monoisotopic (exact) mass is 292 g/mol. The SMILES string of the molecule is COCCCOc1cccc(C(=O)NC2CCCNC2)c1. The zero-order valence-corrected chi connectivity index (χ0v) is 12.6. The van der Waals surface area contributed by atoms with E-state index in [4.69, 9.17) is 9.47 Å². The van der Waals surface area contributed by atoms with E-state index in [1.54, 1.807) is 13.2 Å². The molecular weight excluding hydrogens is 268 g/mol. The molecule has 0 aromatic heterocycles. The van der Waals surface area contributed by atoms with Crippen molar-refractivity contribution in [2.24, 2.45) is 0 Å². The molecule has 1 aliphatic rings. The Hall–Kier alpha value is -1.59. The van der Waals surface area contributed by atoms with E-state index in [2.05, 4.69) is 10.6 Å². The topological polar surface area (TPSA) is 59.6 Å². The lowest BCUT2D eigenvalue weighted by atomic mass is 10.1. The number of rotatable bonds is 7. The Kier molecular flexibility index (Phi) is 6.50. The number of amides is 1. The van der Waals surface area contributed by atoms with Gasteiger partial charge < -0.3 is 20.1 Å². The van der Waals surface area contributed by atoms with Gasteiger partial charge >= 0.3 is 0 Å². The van der Waals surface area contributed by atoms with Crippen LogP contribution in [0.2, 0.25) is 0 Å². The fourth-order valence-electron chi connectivity index (χ4n) is 2.36. The highest BCUT2D eigenvalue weighted by atomic mass is 16.5. The Morgan fingerprint density at radius 1 is 1.43 bits per heavy atom. The number of ether oxygens (including phenoxy) is 2. The normalized spacial score (nSPS) is 18.2. The molecule has 5 heteroatoms. The molecule has 1 amide bonds. The molecule has 1 fully saturated rings. The molecule has 0 radical (unpaired) electrons. The number of piperidine rings is 1. The minimum atomic E-state index is -0.0361. The lowest BCUT2D eigenvalue weighted by Gasteiger charge is -2.23. The largest absolute Gasteiger partial charge is 0.493 e. The zero-order chi connectivity index (χ0) is 14.9. The highest BCUT2D eigenvalue weighted by molar-refractivity contribution is 5.94. The van der Waals surface area contributed by atoms with Gasteiger partial charge in [-0.05, 0) is 37.6 Å². The molecule has 1 aromatic carbocycles. The molecule has 2 rings (SSSR count). The predicted molar refractivity (Wildman–Crippen MR) is 81.8 cm³/mol. The molecule has 1 aliphatic heterocycles. The zero-order valence-electron chi connectivity index (χ0n) is 12.6. The average Bonchev–Trinajstić information content (AvgIpc) is 2.53. The summed E-state index contributed by atoms with van der Waals surface area (Å²) in [6.45, 7) is 3.15. The van der Waals surface area contributed by atoms with Crippen molar-refractivity contribution in [3.63, 3.8) is 0 Å². The summed E-state index contributed by atoms with van der Waals surface area (Å²) in [5.41, 5.74) is 0.643. The molecule has 1 unspecified atom stereocenters. The van der Waals surface area contributed by atoms with E-state index >= 15 is 0 Å². The van der Waals surface area contributed by atoms with Crippen LogP contribution in [0.25, 0.3) is 0 Å². The molecule has 2 N–H and O–H groups in total. The van der Waals surface area contributed by atoms with Crippen molar-refractivity contribution < 1.29 is 14.3 Å². The van der Waals surface area contributed by atoms with Crippen LogP contribution in [-0.2, 0) is 4.74 Å². The fraction of sp³-hybridized carbons (Fsp3) is 0.562. The summed E-state index contributed by atoms with van der Waals surface area (Å²) >= 11 is 0. The summed E-state index contributed by atoms with van der Waals surface area (Å²) in [5, 5.41) is 6.35. The van der Waals surface area contributed by atoms with Crippen LogP contribution in [0, 0.1) is 0 Å². The number of carbonyl (C=O) groups is 1. The maximum atomic E-state index is 12.2. The van der Waals surface area contributed by atoms with Crippen LogP contribution >= 0.6 is 0 Å². The molecule has 0 saturated carbocycles. The first-order valence-corrected chi connectivity index (χ1v) is 7.53. The molecule has 1 saturated heterocycles. The first-order valence-electron chi connectivity index (χ1n) is 7.53. The third-order valence-corrected chi connectivity index (χ3v) is 3.49. The van der Waals surface area contributed by atoms with Crippen molar-refractivity contribution >= 4 is 5.91 Å². The van der Waals surface area contributed by atoms with Crippen LogP contribution in [0.15, 0.2) is 24.3 Å². The Bertz CT molecular complexity index is 445. The van der Waals surface area contributed by atoms with Gasteiger partial charge in [-0.15, -0.1) is 0 Å². The van der Waals surface area contributed by atoms with E-state index in [1.165, 1.54) is 0 Å². The molecule has 21 heavy (non-hydrogen) atoms. The molecule has 116 valence electrons. The average molecular weight is 292 g/mol. The molecule has 0 bridgehead atoms. The standard InChI is InChI=1S/C16H24N2O3/c1-20-9-4-10-21-15-7-2-5-13(11-15)16(19)18-14-6-3-8-17-12-14/h2,5,7,11,14,17H,3-4,6,8-10,12H2,1H3,(H,18,19).